The van der Waals surface area contributed by atoms with E-state index in [1.807, 2.05) is 0 Å². The molecule has 1 aromatic rings. The van der Waals surface area contributed by atoms with Gasteiger partial charge < -0.3 is 34.6 Å². The second kappa shape index (κ2) is 17.9. The van der Waals surface area contributed by atoms with Crippen LogP contribution in [-0.4, -0.2) is 92.6 Å². The predicted molar refractivity (Wildman–Crippen MR) is 145 cm³/mol. The highest BCUT2D eigenvalue weighted by Gasteiger charge is 2.18. The van der Waals surface area contributed by atoms with Crippen LogP contribution < -0.4 is 0 Å². The number of hydrogen-bond acceptors (Lipinski definition) is 13. The van der Waals surface area contributed by atoms with Gasteiger partial charge in [0.25, 0.3) is 0 Å². The zero-order valence-electron chi connectivity index (χ0n) is 20.1. The first kappa shape index (κ1) is 32.6. The lowest BCUT2D eigenvalue weighted by atomic mass is 9.94. The molecular formula is C24H30O10S3. The van der Waals surface area contributed by atoms with Gasteiger partial charge in [-0.05, 0) is 16.7 Å². The molecule has 0 atom stereocenters. The maximum Gasteiger partial charge on any atom is 0.310 e. The van der Waals surface area contributed by atoms with Gasteiger partial charge in [-0.2, -0.15) is 0 Å². The van der Waals surface area contributed by atoms with E-state index in [2.05, 4.69) is 0 Å². The molecule has 0 saturated carbocycles. The number of rotatable bonds is 18. The highest BCUT2D eigenvalue weighted by molar-refractivity contribution is 7.80. The number of phenols is 1. The molecule has 0 bridgehead atoms. The molecule has 0 unspecified atom stereocenters. The predicted octanol–water partition coefficient (Wildman–Crippen LogP) is 0.906. The van der Waals surface area contributed by atoms with Crippen molar-refractivity contribution in [3.63, 3.8) is 0 Å². The molecule has 0 aliphatic rings. The third-order valence-electron chi connectivity index (χ3n) is 4.59. The standard InChI is InChI=1S/C24H30O10S3/c25-1-4-32-21(28)12-18(35)9-15-7-16(10-19(36)13-22(29)33-5-2-26)24(31)17(8-15)11-20(37)14-23(30)34-6-3-27/h7-8,25-27,31H,1-6,9-14H2. The summed E-state index contributed by atoms with van der Waals surface area (Å²) in [4.78, 5) is 36.4. The number of thiocarbonyl (C=S) groups is 3. The quantitative estimate of drug-likeness (QED) is 0.111. The molecule has 0 spiro atoms. The molecule has 37 heavy (non-hydrogen) atoms. The lowest BCUT2D eigenvalue weighted by molar-refractivity contribution is -0.144. The summed E-state index contributed by atoms with van der Waals surface area (Å²) < 4.78 is 14.5. The first-order chi connectivity index (χ1) is 17.6. The Kier molecular flexibility index (Phi) is 15.8. The minimum Gasteiger partial charge on any atom is -0.507 e. The largest absolute Gasteiger partial charge is 0.507 e. The van der Waals surface area contributed by atoms with E-state index in [-0.39, 0.29) is 93.6 Å². The molecule has 0 aliphatic carbocycles. The fraction of sp³-hybridized carbons (Fsp3) is 0.500. The minimum absolute atomic E-state index is 0.0485. The van der Waals surface area contributed by atoms with E-state index >= 15 is 0 Å². The molecule has 0 aromatic heterocycles. The normalized spacial score (nSPS) is 10.5. The van der Waals surface area contributed by atoms with Crippen LogP contribution in [0.2, 0.25) is 0 Å². The zero-order valence-corrected chi connectivity index (χ0v) is 22.6. The van der Waals surface area contributed by atoms with Crippen molar-refractivity contribution in [3.8, 4) is 5.75 Å². The number of aliphatic hydroxyl groups excluding tert-OH is 3. The Hall–Kier alpha value is -2.42. The molecule has 0 saturated heterocycles. The smallest absolute Gasteiger partial charge is 0.310 e. The monoisotopic (exact) mass is 574 g/mol. The topological polar surface area (TPSA) is 160 Å². The summed E-state index contributed by atoms with van der Waals surface area (Å²) in [5.74, 6) is -1.92. The van der Waals surface area contributed by atoms with Gasteiger partial charge in [-0.25, -0.2) is 0 Å². The van der Waals surface area contributed by atoms with Gasteiger partial charge in [0.05, 0.1) is 39.1 Å². The number of esters is 3. The molecule has 4 N–H and O–H groups in total. The van der Waals surface area contributed by atoms with Crippen molar-refractivity contribution in [2.75, 3.05) is 39.6 Å². The van der Waals surface area contributed by atoms with E-state index in [0.717, 1.165) is 0 Å². The molecule has 10 nitrogen and oxygen atoms in total. The number of aromatic hydroxyl groups is 1. The maximum atomic E-state index is 11.8. The third-order valence-corrected chi connectivity index (χ3v) is 5.46. The van der Waals surface area contributed by atoms with Crippen LogP contribution in [0.3, 0.4) is 0 Å². The fourth-order valence-corrected chi connectivity index (χ4v) is 3.99. The van der Waals surface area contributed by atoms with E-state index in [1.54, 1.807) is 12.1 Å². The lowest BCUT2D eigenvalue weighted by Crippen LogP contribution is -2.16. The van der Waals surface area contributed by atoms with Crippen LogP contribution in [-0.2, 0) is 47.9 Å². The summed E-state index contributed by atoms with van der Waals surface area (Å²) >= 11 is 15.9. The molecule has 1 aromatic carbocycles. The van der Waals surface area contributed by atoms with Crippen LogP contribution in [0.1, 0.15) is 36.0 Å². The number of aliphatic hydroxyl groups is 3. The number of hydrogen-bond donors (Lipinski definition) is 4. The molecule has 1 rings (SSSR count). The van der Waals surface area contributed by atoms with Crippen LogP contribution in [0.25, 0.3) is 0 Å². The summed E-state index contributed by atoms with van der Waals surface area (Å²) in [6.45, 7) is -1.36. The summed E-state index contributed by atoms with van der Waals surface area (Å²) in [7, 11) is 0. The van der Waals surface area contributed by atoms with Crippen molar-refractivity contribution in [2.24, 2.45) is 0 Å². The molecule has 0 amide bonds. The first-order valence-corrected chi connectivity index (χ1v) is 12.5. The average Bonchev–Trinajstić information content (AvgIpc) is 2.82. The van der Waals surface area contributed by atoms with E-state index in [0.29, 0.717) is 21.6 Å². The van der Waals surface area contributed by atoms with Crippen LogP contribution >= 0.6 is 36.7 Å². The van der Waals surface area contributed by atoms with Crippen LogP contribution in [0.5, 0.6) is 5.75 Å². The molecule has 13 heteroatoms. The zero-order chi connectivity index (χ0) is 27.8. The molecule has 0 fully saturated rings. The summed E-state index contributed by atoms with van der Waals surface area (Å²) in [5.41, 5.74) is 1.42. The molecule has 0 radical (unpaired) electrons. The van der Waals surface area contributed by atoms with Crippen molar-refractivity contribution in [3.05, 3.63) is 28.8 Å². The Bertz CT molecular complexity index is 936. The van der Waals surface area contributed by atoms with Crippen molar-refractivity contribution in [1.82, 2.24) is 0 Å². The van der Waals surface area contributed by atoms with Gasteiger partial charge in [0, 0.05) is 33.9 Å². The van der Waals surface area contributed by atoms with Crippen LogP contribution in [0.4, 0.5) is 0 Å². The maximum absolute atomic E-state index is 11.8. The van der Waals surface area contributed by atoms with Crippen molar-refractivity contribution < 1.29 is 49.0 Å². The molecular weight excluding hydrogens is 544 g/mol. The highest BCUT2D eigenvalue weighted by atomic mass is 32.1. The number of carbonyl (C=O) groups excluding carboxylic acids is 3. The van der Waals surface area contributed by atoms with Crippen molar-refractivity contribution >= 4 is 69.2 Å². The van der Waals surface area contributed by atoms with E-state index < -0.39 is 17.9 Å². The highest BCUT2D eigenvalue weighted by Crippen LogP contribution is 2.28. The average molecular weight is 575 g/mol. The Balaban J connectivity index is 3.09. The molecule has 0 heterocycles. The second-order valence-electron chi connectivity index (χ2n) is 7.77. The fourth-order valence-electron chi connectivity index (χ4n) is 3.16. The van der Waals surface area contributed by atoms with Crippen LogP contribution in [0.15, 0.2) is 12.1 Å². The Morgan fingerprint density at radius 3 is 1.27 bits per heavy atom. The third kappa shape index (κ3) is 13.6. The number of carbonyl (C=O) groups is 3. The first-order valence-electron chi connectivity index (χ1n) is 11.3. The van der Waals surface area contributed by atoms with Gasteiger partial charge in [0.2, 0.25) is 0 Å². The second-order valence-corrected chi connectivity index (χ2v) is 9.50. The Labute approximate surface area is 230 Å². The molecule has 204 valence electrons. The van der Waals surface area contributed by atoms with Crippen LogP contribution in [0, 0.1) is 0 Å². The number of ether oxygens (including phenoxy) is 3. The molecule has 0 aliphatic heterocycles. The van der Waals surface area contributed by atoms with Crippen molar-refractivity contribution in [1.29, 1.82) is 0 Å². The Morgan fingerprint density at radius 2 is 0.946 bits per heavy atom. The van der Waals surface area contributed by atoms with E-state index in [4.69, 9.17) is 66.2 Å². The van der Waals surface area contributed by atoms with Gasteiger partial charge in [-0.15, -0.1) is 0 Å². The van der Waals surface area contributed by atoms with Crippen molar-refractivity contribution in [2.45, 2.75) is 38.5 Å². The minimum atomic E-state index is -0.611. The lowest BCUT2D eigenvalue weighted by Gasteiger charge is -2.15. The Morgan fingerprint density at radius 1 is 0.622 bits per heavy atom. The summed E-state index contributed by atoms with van der Waals surface area (Å²) in [6, 6.07) is 3.29. The van der Waals surface area contributed by atoms with Gasteiger partial charge in [-0.3, -0.25) is 14.4 Å². The van der Waals surface area contributed by atoms with Gasteiger partial charge in [-0.1, -0.05) is 48.8 Å². The van der Waals surface area contributed by atoms with E-state index in [9.17, 15) is 19.5 Å². The van der Waals surface area contributed by atoms with Gasteiger partial charge >= 0.3 is 17.9 Å². The van der Waals surface area contributed by atoms with Gasteiger partial charge in [0.1, 0.15) is 25.6 Å². The van der Waals surface area contributed by atoms with E-state index in [1.165, 1.54) is 0 Å². The summed E-state index contributed by atoms with van der Waals surface area (Å²) in [6.07, 6.45) is -0.262. The summed E-state index contributed by atoms with van der Waals surface area (Å²) in [5, 5.41) is 37.2. The number of benzene rings is 1. The van der Waals surface area contributed by atoms with Gasteiger partial charge in [0.15, 0.2) is 0 Å². The SMILES string of the molecule is O=C(CC(=S)Cc1cc(CC(=S)CC(=O)OCCO)c(O)c(CC(=S)CC(=O)OCCO)c1)OCCO. The number of phenolic OH excluding ortho intramolecular Hbond substituents is 1.